The van der Waals surface area contributed by atoms with Crippen LogP contribution in [0.2, 0.25) is 0 Å². The minimum atomic E-state index is -1.11. The highest BCUT2D eigenvalue weighted by molar-refractivity contribution is 5.84. The second kappa shape index (κ2) is 7.40. The highest BCUT2D eigenvalue weighted by Crippen LogP contribution is 2.35. The van der Waals surface area contributed by atoms with Gasteiger partial charge in [0, 0.05) is 0 Å². The topological polar surface area (TPSA) is 76.7 Å². The average molecular weight is 372 g/mol. The van der Waals surface area contributed by atoms with Gasteiger partial charge in [0.15, 0.2) is 5.43 Å². The van der Waals surface area contributed by atoms with Gasteiger partial charge in [-0.25, -0.2) is 0 Å². The molecule has 0 fully saturated rings. The summed E-state index contributed by atoms with van der Waals surface area (Å²) < 4.78 is 12.0. The molecule has 0 aliphatic heterocycles. The Hall–Kier alpha value is -3.86. The first-order valence-electron chi connectivity index (χ1n) is 8.72. The predicted octanol–water partition coefficient (Wildman–Crippen LogP) is 4.88. The molecule has 0 aliphatic carbocycles. The molecular formula is C23H16O5. The number of carboxylic acid groups (broad SMARTS) is 1. The van der Waals surface area contributed by atoms with Gasteiger partial charge < -0.3 is 14.3 Å². The Balaban J connectivity index is 1.94. The highest BCUT2D eigenvalue weighted by atomic mass is 16.5. The largest absolute Gasteiger partial charge is 0.481 e. The maximum Gasteiger partial charge on any atom is 0.308 e. The van der Waals surface area contributed by atoms with Crippen molar-refractivity contribution in [3.63, 3.8) is 0 Å². The molecular weight excluding hydrogens is 356 g/mol. The third kappa shape index (κ3) is 3.38. The maximum atomic E-state index is 13.0. The Morgan fingerprint density at radius 2 is 1.57 bits per heavy atom. The molecule has 1 aromatic heterocycles. The van der Waals surface area contributed by atoms with Gasteiger partial charge in [-0.05, 0) is 36.4 Å². The molecule has 5 heteroatoms. The minimum absolute atomic E-state index is 0.0929. The van der Waals surface area contributed by atoms with Gasteiger partial charge in [-0.2, -0.15) is 0 Å². The monoisotopic (exact) mass is 372 g/mol. The van der Waals surface area contributed by atoms with E-state index in [1.807, 2.05) is 30.3 Å². The van der Waals surface area contributed by atoms with Crippen LogP contribution in [-0.2, 0) is 11.2 Å². The van der Waals surface area contributed by atoms with E-state index < -0.39 is 12.4 Å². The normalized spacial score (nSPS) is 10.7. The number of rotatable bonds is 5. The summed E-state index contributed by atoms with van der Waals surface area (Å²) in [7, 11) is 0. The van der Waals surface area contributed by atoms with Gasteiger partial charge >= 0.3 is 5.97 Å². The van der Waals surface area contributed by atoms with E-state index in [2.05, 4.69) is 0 Å². The van der Waals surface area contributed by atoms with Crippen LogP contribution in [0.1, 0.15) is 5.56 Å². The number of fused-ring (bicyclic) bond motifs is 1. The zero-order valence-corrected chi connectivity index (χ0v) is 14.8. The van der Waals surface area contributed by atoms with Crippen molar-refractivity contribution in [3.8, 4) is 22.8 Å². The van der Waals surface area contributed by atoms with Crippen molar-refractivity contribution in [2.45, 2.75) is 6.42 Å². The summed E-state index contributed by atoms with van der Waals surface area (Å²) in [6.45, 7) is 0. The van der Waals surface area contributed by atoms with E-state index >= 15 is 0 Å². The van der Waals surface area contributed by atoms with E-state index in [9.17, 15) is 14.7 Å². The standard InChI is InChI=1S/C23H16O5/c24-21(25)14-18-22(26)16-10-4-6-12-19(16)28-23(18)17-11-5-7-13-20(17)27-15-8-2-1-3-9-15/h1-13H,14H2,(H,24,25). The Morgan fingerprint density at radius 3 is 2.36 bits per heavy atom. The van der Waals surface area contributed by atoms with Crippen LogP contribution in [0.3, 0.4) is 0 Å². The Labute approximate surface area is 160 Å². The fraction of sp³-hybridized carbons (Fsp3) is 0.0435. The molecule has 1 heterocycles. The Kier molecular flexibility index (Phi) is 4.64. The van der Waals surface area contributed by atoms with Gasteiger partial charge in [-0.1, -0.05) is 42.5 Å². The summed E-state index contributed by atoms with van der Waals surface area (Å²) in [5, 5.41) is 9.68. The van der Waals surface area contributed by atoms with E-state index in [0.717, 1.165) is 0 Å². The van der Waals surface area contributed by atoms with Gasteiger partial charge in [0.25, 0.3) is 0 Å². The first-order valence-corrected chi connectivity index (χ1v) is 8.72. The molecule has 0 saturated carbocycles. The minimum Gasteiger partial charge on any atom is -0.481 e. The van der Waals surface area contributed by atoms with Crippen molar-refractivity contribution in [2.75, 3.05) is 0 Å². The van der Waals surface area contributed by atoms with E-state index in [0.29, 0.717) is 28.0 Å². The number of aliphatic carboxylic acids is 1. The number of ether oxygens (including phenoxy) is 1. The second-order valence-electron chi connectivity index (χ2n) is 6.22. The van der Waals surface area contributed by atoms with Crippen LogP contribution in [0.15, 0.2) is 88.1 Å². The van der Waals surface area contributed by atoms with Crippen LogP contribution in [0.25, 0.3) is 22.3 Å². The lowest BCUT2D eigenvalue weighted by Gasteiger charge is -2.13. The second-order valence-corrected chi connectivity index (χ2v) is 6.22. The third-order valence-electron chi connectivity index (χ3n) is 4.32. The van der Waals surface area contributed by atoms with Crippen molar-refractivity contribution >= 4 is 16.9 Å². The number of hydrogen-bond donors (Lipinski definition) is 1. The third-order valence-corrected chi connectivity index (χ3v) is 4.32. The van der Waals surface area contributed by atoms with Gasteiger partial charge in [-0.15, -0.1) is 0 Å². The molecule has 0 spiro atoms. The smallest absolute Gasteiger partial charge is 0.308 e. The summed E-state index contributed by atoms with van der Waals surface area (Å²) >= 11 is 0. The Morgan fingerprint density at radius 1 is 0.893 bits per heavy atom. The molecule has 5 nitrogen and oxygen atoms in total. The molecule has 4 aromatic rings. The number of carboxylic acids is 1. The summed E-state index contributed by atoms with van der Waals surface area (Å²) in [5.41, 5.74) is 0.653. The van der Waals surface area contributed by atoms with Crippen LogP contribution < -0.4 is 10.2 Å². The zero-order chi connectivity index (χ0) is 19.5. The molecule has 1 N–H and O–H groups in total. The van der Waals surface area contributed by atoms with E-state index in [1.165, 1.54) is 0 Å². The van der Waals surface area contributed by atoms with Crippen LogP contribution in [0.4, 0.5) is 0 Å². The number of hydrogen-bond acceptors (Lipinski definition) is 4. The van der Waals surface area contributed by atoms with Crippen molar-refractivity contribution < 1.29 is 19.1 Å². The van der Waals surface area contributed by atoms with Gasteiger partial charge in [-0.3, -0.25) is 9.59 Å². The fourth-order valence-electron chi connectivity index (χ4n) is 3.07. The van der Waals surface area contributed by atoms with Crippen molar-refractivity contribution in [1.82, 2.24) is 0 Å². The van der Waals surface area contributed by atoms with Gasteiger partial charge in [0.1, 0.15) is 22.8 Å². The molecule has 3 aromatic carbocycles. The molecule has 138 valence electrons. The first-order chi connectivity index (χ1) is 13.6. The highest BCUT2D eigenvalue weighted by Gasteiger charge is 2.21. The lowest BCUT2D eigenvalue weighted by Crippen LogP contribution is -2.15. The first kappa shape index (κ1) is 17.5. The van der Waals surface area contributed by atoms with Crippen LogP contribution in [0, 0.1) is 0 Å². The quantitative estimate of drug-likeness (QED) is 0.540. The summed E-state index contributed by atoms with van der Waals surface area (Å²) in [5.74, 6) is 0.194. The van der Waals surface area contributed by atoms with Crippen molar-refractivity contribution in [3.05, 3.63) is 94.6 Å². The van der Waals surface area contributed by atoms with Crippen molar-refractivity contribution in [1.29, 1.82) is 0 Å². The fourth-order valence-corrected chi connectivity index (χ4v) is 3.07. The molecule has 0 radical (unpaired) electrons. The number of para-hydroxylation sites is 3. The summed E-state index contributed by atoms with van der Waals surface area (Å²) in [6.07, 6.45) is -0.442. The molecule has 0 atom stereocenters. The van der Waals surface area contributed by atoms with E-state index in [4.69, 9.17) is 9.15 Å². The van der Waals surface area contributed by atoms with Gasteiger partial charge in [0.2, 0.25) is 0 Å². The van der Waals surface area contributed by atoms with Gasteiger partial charge in [0.05, 0.1) is 22.9 Å². The zero-order valence-electron chi connectivity index (χ0n) is 14.8. The Bertz CT molecular complexity index is 1210. The lowest BCUT2D eigenvalue weighted by molar-refractivity contribution is -0.136. The molecule has 28 heavy (non-hydrogen) atoms. The molecule has 0 aliphatic rings. The van der Waals surface area contributed by atoms with E-state index in [-0.39, 0.29) is 16.8 Å². The van der Waals surface area contributed by atoms with E-state index in [1.54, 1.807) is 48.5 Å². The van der Waals surface area contributed by atoms with Crippen LogP contribution in [-0.4, -0.2) is 11.1 Å². The molecule has 0 saturated heterocycles. The average Bonchev–Trinajstić information content (AvgIpc) is 2.71. The number of carbonyl (C=O) groups is 1. The molecule has 0 bridgehead atoms. The maximum absolute atomic E-state index is 13.0. The van der Waals surface area contributed by atoms with Crippen molar-refractivity contribution in [2.24, 2.45) is 0 Å². The molecule has 0 amide bonds. The summed E-state index contributed by atoms with van der Waals surface area (Å²) in [4.78, 5) is 24.4. The molecule has 4 rings (SSSR count). The van der Waals surface area contributed by atoms with Crippen LogP contribution >= 0.6 is 0 Å². The summed E-state index contributed by atoms with van der Waals surface area (Å²) in [6, 6.07) is 23.1. The molecule has 0 unspecified atom stereocenters. The van der Waals surface area contributed by atoms with Crippen LogP contribution in [0.5, 0.6) is 11.5 Å². The lowest BCUT2D eigenvalue weighted by atomic mass is 10.0. The SMILES string of the molecule is O=C(O)Cc1c(-c2ccccc2Oc2ccccc2)oc2ccccc2c1=O. The number of benzene rings is 3. The predicted molar refractivity (Wildman–Crippen MR) is 106 cm³/mol.